The van der Waals surface area contributed by atoms with Crippen molar-refractivity contribution in [2.75, 3.05) is 13.2 Å². The first-order valence-electron chi connectivity index (χ1n) is 7.22. The van der Waals surface area contributed by atoms with E-state index in [0.717, 1.165) is 31.4 Å². The molecule has 2 rings (SSSR count). The van der Waals surface area contributed by atoms with Crippen LogP contribution in [0.25, 0.3) is 0 Å². The van der Waals surface area contributed by atoms with Crippen molar-refractivity contribution < 1.29 is 13.9 Å². The number of aryl methyl sites for hydroxylation is 1. The Morgan fingerprint density at radius 2 is 2.30 bits per heavy atom. The molecule has 0 aliphatic carbocycles. The molecule has 20 heavy (non-hydrogen) atoms. The molecule has 1 aromatic carbocycles. The molecule has 1 aromatic rings. The molecule has 4 heteroatoms. The van der Waals surface area contributed by atoms with Crippen molar-refractivity contribution >= 4 is 5.91 Å². The molecule has 0 bridgehead atoms. The summed E-state index contributed by atoms with van der Waals surface area (Å²) in [6, 6.07) is 4.29. The van der Waals surface area contributed by atoms with Gasteiger partial charge in [0.1, 0.15) is 5.82 Å². The topological polar surface area (TPSA) is 38.3 Å². The van der Waals surface area contributed by atoms with E-state index in [1.165, 1.54) is 12.1 Å². The smallest absolute Gasteiger partial charge is 0.251 e. The number of carbonyl (C=O) groups is 1. The van der Waals surface area contributed by atoms with Crippen LogP contribution < -0.4 is 5.32 Å². The van der Waals surface area contributed by atoms with Gasteiger partial charge in [0, 0.05) is 18.7 Å². The lowest BCUT2D eigenvalue weighted by molar-refractivity contribution is 0.00109. The van der Waals surface area contributed by atoms with Crippen LogP contribution in [0.4, 0.5) is 4.39 Å². The number of hydrogen-bond acceptors (Lipinski definition) is 2. The van der Waals surface area contributed by atoms with Gasteiger partial charge in [0.15, 0.2) is 0 Å². The lowest BCUT2D eigenvalue weighted by Crippen LogP contribution is -2.29. The van der Waals surface area contributed by atoms with Crippen LogP contribution in [0, 0.1) is 18.7 Å². The van der Waals surface area contributed by atoms with Crippen molar-refractivity contribution in [3.8, 4) is 0 Å². The molecule has 1 amide bonds. The van der Waals surface area contributed by atoms with Crippen LogP contribution in [0.5, 0.6) is 0 Å². The fraction of sp³-hybridized carbons (Fsp3) is 0.562. The predicted molar refractivity (Wildman–Crippen MR) is 76.2 cm³/mol. The second-order valence-corrected chi connectivity index (χ2v) is 5.58. The normalized spacial score (nSPS) is 22.6. The zero-order chi connectivity index (χ0) is 14.5. The van der Waals surface area contributed by atoms with Crippen molar-refractivity contribution in [2.24, 2.45) is 5.92 Å². The maximum Gasteiger partial charge on any atom is 0.251 e. The second kappa shape index (κ2) is 6.84. The SMILES string of the molecule is Cc1ccc(F)cc1C(=O)NCC[C@H]1CCO[C@H](C)C1. The first-order chi connectivity index (χ1) is 9.56. The minimum Gasteiger partial charge on any atom is -0.378 e. The van der Waals surface area contributed by atoms with Gasteiger partial charge in [-0.2, -0.15) is 0 Å². The van der Waals surface area contributed by atoms with E-state index in [4.69, 9.17) is 4.74 Å². The molecule has 0 spiro atoms. The van der Waals surface area contributed by atoms with E-state index in [0.29, 0.717) is 24.1 Å². The van der Waals surface area contributed by atoms with Gasteiger partial charge in [-0.3, -0.25) is 4.79 Å². The Bertz CT molecular complexity index is 476. The number of carbonyl (C=O) groups excluding carboxylic acids is 1. The van der Waals surface area contributed by atoms with Gasteiger partial charge >= 0.3 is 0 Å². The average Bonchev–Trinajstić information content (AvgIpc) is 2.41. The molecule has 1 fully saturated rings. The average molecular weight is 279 g/mol. The van der Waals surface area contributed by atoms with Crippen LogP contribution in [0.1, 0.15) is 42.1 Å². The first kappa shape index (κ1) is 15.0. The highest BCUT2D eigenvalue weighted by Gasteiger charge is 2.19. The number of amides is 1. The standard InChI is InChI=1S/C16H22FNO2/c1-11-3-4-14(17)10-15(11)16(19)18-7-5-13-6-8-20-12(2)9-13/h3-4,10,12-13H,5-9H2,1-2H3,(H,18,19)/t12-,13+/m1/s1. The van der Waals surface area contributed by atoms with Crippen LogP contribution in [-0.4, -0.2) is 25.2 Å². The predicted octanol–water partition coefficient (Wildman–Crippen LogP) is 3.07. The van der Waals surface area contributed by atoms with Crippen LogP contribution >= 0.6 is 0 Å². The van der Waals surface area contributed by atoms with Gasteiger partial charge in [-0.15, -0.1) is 0 Å². The molecular weight excluding hydrogens is 257 g/mol. The Morgan fingerprint density at radius 3 is 3.05 bits per heavy atom. The highest BCUT2D eigenvalue weighted by Crippen LogP contribution is 2.22. The van der Waals surface area contributed by atoms with Crippen molar-refractivity contribution in [1.29, 1.82) is 0 Å². The Kier molecular flexibility index (Phi) is 5.12. The van der Waals surface area contributed by atoms with Crippen LogP contribution in [0.15, 0.2) is 18.2 Å². The maximum absolute atomic E-state index is 13.2. The molecule has 0 unspecified atom stereocenters. The van der Waals surface area contributed by atoms with Crippen molar-refractivity contribution in [3.05, 3.63) is 35.1 Å². The quantitative estimate of drug-likeness (QED) is 0.920. The largest absolute Gasteiger partial charge is 0.378 e. The van der Waals surface area contributed by atoms with Crippen LogP contribution in [-0.2, 0) is 4.74 Å². The zero-order valence-corrected chi connectivity index (χ0v) is 12.1. The monoisotopic (exact) mass is 279 g/mol. The molecule has 1 aliphatic heterocycles. The molecular formula is C16H22FNO2. The lowest BCUT2D eigenvalue weighted by atomic mass is 9.93. The van der Waals surface area contributed by atoms with Gasteiger partial charge in [0.05, 0.1) is 6.10 Å². The van der Waals surface area contributed by atoms with E-state index in [2.05, 4.69) is 12.2 Å². The summed E-state index contributed by atoms with van der Waals surface area (Å²) in [6.07, 6.45) is 3.37. The third-order valence-corrected chi connectivity index (χ3v) is 3.88. The number of hydrogen-bond donors (Lipinski definition) is 1. The van der Waals surface area contributed by atoms with Gasteiger partial charge in [-0.1, -0.05) is 6.07 Å². The van der Waals surface area contributed by atoms with E-state index < -0.39 is 0 Å². The van der Waals surface area contributed by atoms with Gasteiger partial charge in [-0.05, 0) is 56.7 Å². The van der Waals surface area contributed by atoms with Gasteiger partial charge in [-0.25, -0.2) is 4.39 Å². The Morgan fingerprint density at radius 1 is 1.50 bits per heavy atom. The Balaban J connectivity index is 1.81. The molecule has 110 valence electrons. The van der Waals surface area contributed by atoms with Gasteiger partial charge < -0.3 is 10.1 Å². The van der Waals surface area contributed by atoms with E-state index >= 15 is 0 Å². The van der Waals surface area contributed by atoms with Crippen LogP contribution in [0.2, 0.25) is 0 Å². The van der Waals surface area contributed by atoms with Crippen LogP contribution in [0.3, 0.4) is 0 Å². The summed E-state index contributed by atoms with van der Waals surface area (Å²) in [7, 11) is 0. The van der Waals surface area contributed by atoms with E-state index in [1.54, 1.807) is 6.07 Å². The Hall–Kier alpha value is -1.42. The summed E-state index contributed by atoms with van der Waals surface area (Å²) in [4.78, 5) is 12.0. The number of halogens is 1. The van der Waals surface area contributed by atoms with E-state index in [-0.39, 0.29) is 11.7 Å². The zero-order valence-electron chi connectivity index (χ0n) is 12.1. The molecule has 1 N–H and O–H groups in total. The van der Waals surface area contributed by atoms with Crippen molar-refractivity contribution in [3.63, 3.8) is 0 Å². The molecule has 2 atom stereocenters. The summed E-state index contributed by atoms with van der Waals surface area (Å²) in [5.41, 5.74) is 1.22. The van der Waals surface area contributed by atoms with Crippen molar-refractivity contribution in [2.45, 2.75) is 39.2 Å². The first-order valence-corrected chi connectivity index (χ1v) is 7.22. The molecule has 0 saturated carbocycles. The molecule has 0 aromatic heterocycles. The van der Waals surface area contributed by atoms with Gasteiger partial charge in [0.25, 0.3) is 5.91 Å². The van der Waals surface area contributed by atoms with E-state index in [9.17, 15) is 9.18 Å². The summed E-state index contributed by atoms with van der Waals surface area (Å²) in [5, 5.41) is 2.88. The lowest BCUT2D eigenvalue weighted by Gasteiger charge is -2.27. The number of rotatable bonds is 4. The van der Waals surface area contributed by atoms with Gasteiger partial charge in [0.2, 0.25) is 0 Å². The minimum absolute atomic E-state index is 0.192. The number of ether oxygens (including phenoxy) is 1. The fourth-order valence-corrected chi connectivity index (χ4v) is 2.68. The van der Waals surface area contributed by atoms with Crippen molar-refractivity contribution in [1.82, 2.24) is 5.32 Å². The second-order valence-electron chi connectivity index (χ2n) is 5.58. The fourth-order valence-electron chi connectivity index (χ4n) is 2.68. The molecule has 0 radical (unpaired) electrons. The maximum atomic E-state index is 13.2. The highest BCUT2D eigenvalue weighted by molar-refractivity contribution is 5.95. The molecule has 3 nitrogen and oxygen atoms in total. The molecule has 1 heterocycles. The molecule has 1 aliphatic rings. The summed E-state index contributed by atoms with van der Waals surface area (Å²) in [6.45, 7) is 5.34. The third kappa shape index (κ3) is 4.04. The summed E-state index contributed by atoms with van der Waals surface area (Å²) >= 11 is 0. The molecule has 1 saturated heterocycles. The van der Waals surface area contributed by atoms with E-state index in [1.807, 2.05) is 6.92 Å². The summed E-state index contributed by atoms with van der Waals surface area (Å²) in [5.74, 6) is 0.0359. The third-order valence-electron chi connectivity index (χ3n) is 3.88. The highest BCUT2D eigenvalue weighted by atomic mass is 19.1. The number of benzene rings is 1. The minimum atomic E-state index is -0.376. The summed E-state index contributed by atoms with van der Waals surface area (Å²) < 4.78 is 18.7. The Labute approximate surface area is 119 Å². The number of nitrogens with one attached hydrogen (secondary N) is 1.